The fourth-order valence-electron chi connectivity index (χ4n) is 7.77. The van der Waals surface area contributed by atoms with E-state index in [1.165, 1.54) is 92.2 Å². The predicted molar refractivity (Wildman–Crippen MR) is 206 cm³/mol. The molecule has 0 unspecified atom stereocenters. The molecule has 226 valence electrons. The van der Waals surface area contributed by atoms with E-state index in [4.69, 9.17) is 0 Å². The van der Waals surface area contributed by atoms with Crippen LogP contribution < -0.4 is 4.90 Å². The Morgan fingerprint density at radius 1 is 0.532 bits per heavy atom. The van der Waals surface area contributed by atoms with Crippen molar-refractivity contribution in [2.45, 2.75) is 33.1 Å². The predicted octanol–water partition coefficient (Wildman–Crippen LogP) is 13.3. The van der Waals surface area contributed by atoms with Crippen molar-refractivity contribution < 1.29 is 0 Å². The van der Waals surface area contributed by atoms with E-state index in [-0.39, 0.29) is 5.41 Å². The van der Waals surface area contributed by atoms with Crippen molar-refractivity contribution in [3.63, 3.8) is 0 Å². The van der Waals surface area contributed by atoms with E-state index in [9.17, 15) is 0 Å². The maximum atomic E-state index is 2.41. The summed E-state index contributed by atoms with van der Waals surface area (Å²) < 4.78 is 2.62. The zero-order valence-electron chi connectivity index (χ0n) is 27.1. The van der Waals surface area contributed by atoms with Crippen LogP contribution in [0, 0.1) is 13.8 Å². The molecule has 0 aliphatic heterocycles. The van der Waals surface area contributed by atoms with Gasteiger partial charge in [-0.2, -0.15) is 0 Å². The van der Waals surface area contributed by atoms with Crippen LogP contribution in [-0.4, -0.2) is 0 Å². The minimum Gasteiger partial charge on any atom is -0.310 e. The number of para-hydroxylation sites is 2. The fourth-order valence-corrected chi connectivity index (χ4v) is 8.96. The Kier molecular flexibility index (Phi) is 6.22. The first-order chi connectivity index (χ1) is 22.9. The highest BCUT2D eigenvalue weighted by molar-refractivity contribution is 7.25. The Labute approximate surface area is 280 Å². The summed E-state index contributed by atoms with van der Waals surface area (Å²) in [5, 5.41) is 8.15. The lowest BCUT2D eigenvalue weighted by Crippen LogP contribution is -2.15. The lowest BCUT2D eigenvalue weighted by Gasteiger charge is -2.28. The Bertz CT molecular complexity index is 2540. The molecule has 9 rings (SSSR count). The van der Waals surface area contributed by atoms with Crippen molar-refractivity contribution >= 4 is 82.3 Å². The van der Waals surface area contributed by atoms with Crippen molar-refractivity contribution in [1.82, 2.24) is 0 Å². The molecule has 0 spiro atoms. The Morgan fingerprint density at radius 2 is 1.17 bits per heavy atom. The molecule has 0 bridgehead atoms. The van der Waals surface area contributed by atoms with E-state index in [1.54, 1.807) is 0 Å². The van der Waals surface area contributed by atoms with Gasteiger partial charge >= 0.3 is 0 Å². The van der Waals surface area contributed by atoms with E-state index in [2.05, 4.69) is 172 Å². The maximum Gasteiger partial charge on any atom is 0.0490 e. The molecule has 1 aliphatic rings. The van der Waals surface area contributed by atoms with Crippen LogP contribution in [0.15, 0.2) is 127 Å². The smallest absolute Gasteiger partial charge is 0.0490 e. The molecule has 0 fully saturated rings. The summed E-state index contributed by atoms with van der Waals surface area (Å²) in [6.07, 6.45) is 4.56. The van der Waals surface area contributed by atoms with Gasteiger partial charge in [0.15, 0.2) is 0 Å². The molecule has 0 atom stereocenters. The molecule has 2 heteroatoms. The van der Waals surface area contributed by atoms with Crippen LogP contribution in [-0.2, 0) is 5.41 Å². The first-order valence-corrected chi connectivity index (χ1v) is 17.2. The summed E-state index contributed by atoms with van der Waals surface area (Å²) in [5.74, 6) is 0. The number of thiophene rings is 1. The van der Waals surface area contributed by atoms with Crippen LogP contribution in [0.1, 0.15) is 47.2 Å². The lowest BCUT2D eigenvalue weighted by atomic mass is 9.81. The average molecular weight is 622 g/mol. The second kappa shape index (κ2) is 10.4. The highest BCUT2D eigenvalue weighted by Gasteiger charge is 2.33. The zero-order valence-corrected chi connectivity index (χ0v) is 28.0. The third-order valence-electron chi connectivity index (χ3n) is 10.2. The van der Waals surface area contributed by atoms with Gasteiger partial charge in [-0.05, 0) is 105 Å². The number of rotatable bonds is 5. The van der Waals surface area contributed by atoms with Gasteiger partial charge in [0.1, 0.15) is 0 Å². The van der Waals surface area contributed by atoms with Gasteiger partial charge < -0.3 is 4.90 Å². The molecule has 1 nitrogen and oxygen atoms in total. The Morgan fingerprint density at radius 3 is 1.91 bits per heavy atom. The summed E-state index contributed by atoms with van der Waals surface area (Å²) in [5.41, 5.74) is 11.4. The topological polar surface area (TPSA) is 3.24 Å². The summed E-state index contributed by atoms with van der Waals surface area (Å²) in [4.78, 5) is 2.41. The first-order valence-electron chi connectivity index (χ1n) is 16.4. The van der Waals surface area contributed by atoms with Crippen LogP contribution in [0.3, 0.4) is 0 Å². The van der Waals surface area contributed by atoms with Crippen LogP contribution in [0.4, 0.5) is 17.1 Å². The van der Waals surface area contributed by atoms with E-state index in [0.29, 0.717) is 0 Å². The number of fused-ring (bicyclic) bond motifs is 3. The van der Waals surface area contributed by atoms with E-state index < -0.39 is 0 Å². The van der Waals surface area contributed by atoms with Crippen LogP contribution >= 0.6 is 11.3 Å². The molecule has 1 aromatic heterocycles. The molecule has 8 aromatic rings. The number of hydrogen-bond donors (Lipinski definition) is 0. The number of hydrogen-bond acceptors (Lipinski definition) is 2. The molecule has 0 saturated heterocycles. The third-order valence-corrected chi connectivity index (χ3v) is 11.4. The van der Waals surface area contributed by atoms with Gasteiger partial charge in [0.25, 0.3) is 0 Å². The highest BCUT2D eigenvalue weighted by Crippen LogP contribution is 2.49. The molecule has 1 heterocycles. The van der Waals surface area contributed by atoms with Crippen molar-refractivity contribution in [3.05, 3.63) is 161 Å². The third kappa shape index (κ3) is 4.36. The number of nitrogens with zero attached hydrogens (tertiary/aromatic N) is 1. The summed E-state index contributed by atoms with van der Waals surface area (Å²) in [7, 11) is 0. The molecule has 1 aliphatic carbocycles. The largest absolute Gasteiger partial charge is 0.310 e. The molecule has 0 N–H and O–H groups in total. The van der Waals surface area contributed by atoms with Crippen molar-refractivity contribution in [2.75, 3.05) is 4.90 Å². The Hall–Kier alpha value is -5.18. The minimum absolute atomic E-state index is 0.00582. The van der Waals surface area contributed by atoms with E-state index in [1.807, 2.05) is 11.3 Å². The van der Waals surface area contributed by atoms with Crippen LogP contribution in [0.5, 0.6) is 0 Å². The summed E-state index contributed by atoms with van der Waals surface area (Å²) in [6.45, 7) is 9.12. The lowest BCUT2D eigenvalue weighted by molar-refractivity contribution is 0.662. The second-order valence-corrected chi connectivity index (χ2v) is 14.6. The van der Waals surface area contributed by atoms with Crippen LogP contribution in [0.2, 0.25) is 0 Å². The Balaban J connectivity index is 1.10. The summed E-state index contributed by atoms with van der Waals surface area (Å²) >= 11 is 1.88. The van der Waals surface area contributed by atoms with Gasteiger partial charge in [-0.1, -0.05) is 117 Å². The number of anilines is 3. The average Bonchev–Trinajstić information content (AvgIpc) is 3.56. The van der Waals surface area contributed by atoms with Crippen molar-refractivity contribution in [1.29, 1.82) is 0 Å². The van der Waals surface area contributed by atoms with Gasteiger partial charge in [0.05, 0.1) is 0 Å². The van der Waals surface area contributed by atoms with Gasteiger partial charge in [0, 0.05) is 42.6 Å². The molecular weight excluding hydrogens is 587 g/mol. The van der Waals surface area contributed by atoms with E-state index >= 15 is 0 Å². The highest BCUT2D eigenvalue weighted by atomic mass is 32.1. The molecule has 7 aromatic carbocycles. The first kappa shape index (κ1) is 28.1. The SMILES string of the molecule is Cc1ccccc1N(c1ccc2c(c1)sc1cc(C=Cc3cc4c5c(ccc6cccc(c65)C4(C)C)c3)ccc12)c1ccccc1C. The normalized spacial score (nSPS) is 13.6. The van der Waals surface area contributed by atoms with Crippen molar-refractivity contribution in [2.24, 2.45) is 0 Å². The number of benzene rings is 7. The summed E-state index contributed by atoms with van der Waals surface area (Å²) in [6, 6.07) is 47.2. The van der Waals surface area contributed by atoms with E-state index in [0.717, 1.165) is 0 Å². The second-order valence-electron chi connectivity index (χ2n) is 13.5. The monoisotopic (exact) mass is 621 g/mol. The standard InChI is InChI=1S/C45H35NS/c1-28-10-5-7-14-39(28)46(40-15-8-6-11-29(40)2)34-21-23-36-35-22-18-30(26-41(35)47-42(36)27-34)16-17-31-24-33-20-19-32-12-9-13-37-43(32)44(33)38(25-31)45(37,3)4/h5-27H,1-4H3. The maximum absolute atomic E-state index is 2.41. The van der Waals surface area contributed by atoms with Gasteiger partial charge in [-0.3, -0.25) is 0 Å². The molecule has 0 amide bonds. The molecule has 47 heavy (non-hydrogen) atoms. The van der Waals surface area contributed by atoms with Crippen molar-refractivity contribution in [3.8, 4) is 0 Å². The zero-order chi connectivity index (χ0) is 31.9. The molecular formula is C45H35NS. The quantitative estimate of drug-likeness (QED) is 0.136. The van der Waals surface area contributed by atoms with Gasteiger partial charge in [-0.25, -0.2) is 0 Å². The fraction of sp³-hybridized carbons (Fsp3) is 0.111. The van der Waals surface area contributed by atoms with Gasteiger partial charge in [0.2, 0.25) is 0 Å². The molecule has 0 saturated carbocycles. The minimum atomic E-state index is -0.00582. The molecule has 0 radical (unpaired) electrons. The van der Waals surface area contributed by atoms with Crippen LogP contribution in [0.25, 0.3) is 53.9 Å². The number of aryl methyl sites for hydroxylation is 2. The van der Waals surface area contributed by atoms with Gasteiger partial charge in [-0.15, -0.1) is 11.3 Å².